The molecule has 1 aliphatic carbocycles. The molecule has 33 heavy (non-hydrogen) atoms. The molecule has 0 aromatic heterocycles. The van der Waals surface area contributed by atoms with Gasteiger partial charge < -0.3 is 19.5 Å². The number of rotatable bonds is 15. The standard InChI is InChI=1S/C27H41BO5/c1-2-3-19-28-32-25-20-26(33-28)24(23(25)13-9-4-5-10-14-27(30)31)18-17-22(29)16-15-21-11-7-6-8-12-21/h4,6-9,11-12,22-26,29H,2-3,5,10,13-20H2,1H3,(H,30,31)/b9-4-/t22-,23+,24+,25+,26+/m0/s1. The molecule has 1 aliphatic heterocycles. The monoisotopic (exact) mass is 456 g/mol. The summed E-state index contributed by atoms with van der Waals surface area (Å²) in [5, 5.41) is 19.4. The zero-order valence-electron chi connectivity index (χ0n) is 20.1. The fraction of sp³-hybridized carbons (Fsp3) is 0.667. The van der Waals surface area contributed by atoms with Crippen molar-refractivity contribution in [2.45, 2.75) is 102 Å². The van der Waals surface area contributed by atoms with Crippen LogP contribution in [0.4, 0.5) is 0 Å². The van der Waals surface area contributed by atoms with E-state index in [2.05, 4.69) is 31.2 Å². The molecule has 0 amide bonds. The van der Waals surface area contributed by atoms with E-state index in [1.807, 2.05) is 18.2 Å². The summed E-state index contributed by atoms with van der Waals surface area (Å²) in [6, 6.07) is 10.4. The van der Waals surface area contributed by atoms with Gasteiger partial charge in [-0.2, -0.15) is 0 Å². The van der Waals surface area contributed by atoms with Gasteiger partial charge in [0.15, 0.2) is 0 Å². The van der Waals surface area contributed by atoms with Crippen molar-refractivity contribution < 1.29 is 24.3 Å². The van der Waals surface area contributed by atoms with E-state index >= 15 is 0 Å². The quantitative estimate of drug-likeness (QED) is 0.202. The zero-order chi connectivity index (χ0) is 23.5. The van der Waals surface area contributed by atoms with Crippen LogP contribution in [-0.4, -0.2) is 41.6 Å². The number of allylic oxidation sites excluding steroid dienone is 2. The third-order valence-electron chi connectivity index (χ3n) is 7.19. The second kappa shape index (κ2) is 13.9. The topological polar surface area (TPSA) is 76.0 Å². The second-order valence-corrected chi connectivity index (χ2v) is 9.73. The molecule has 5 atom stereocenters. The van der Waals surface area contributed by atoms with Crippen molar-refractivity contribution >= 4 is 13.1 Å². The summed E-state index contributed by atoms with van der Waals surface area (Å²) in [7, 11) is -0.0937. The van der Waals surface area contributed by atoms with Gasteiger partial charge in [0.25, 0.3) is 0 Å². The largest absolute Gasteiger partial charge is 0.481 e. The average molecular weight is 456 g/mol. The Balaban J connectivity index is 1.52. The van der Waals surface area contributed by atoms with Gasteiger partial charge in [-0.3, -0.25) is 4.79 Å². The highest BCUT2D eigenvalue weighted by molar-refractivity contribution is 6.44. The average Bonchev–Trinajstić information content (AvgIpc) is 3.06. The number of carboxylic acids is 1. The Hall–Kier alpha value is -1.63. The predicted molar refractivity (Wildman–Crippen MR) is 132 cm³/mol. The normalized spacial score (nSPS) is 25.6. The molecule has 0 unspecified atom stereocenters. The summed E-state index contributed by atoms with van der Waals surface area (Å²) in [6.07, 6.45) is 14.7. The van der Waals surface area contributed by atoms with E-state index in [0.29, 0.717) is 18.3 Å². The number of aliphatic hydroxyl groups excluding tert-OH is 1. The van der Waals surface area contributed by atoms with Crippen LogP contribution in [0.3, 0.4) is 0 Å². The number of carboxylic acid groups (broad SMARTS) is 1. The van der Waals surface area contributed by atoms with E-state index in [1.54, 1.807) is 0 Å². The first-order valence-electron chi connectivity index (χ1n) is 13.0. The summed E-state index contributed by atoms with van der Waals surface area (Å²) in [6.45, 7) is 2.19. The lowest BCUT2D eigenvalue weighted by Crippen LogP contribution is -2.37. The number of hydrogen-bond acceptors (Lipinski definition) is 4. The highest BCUT2D eigenvalue weighted by Gasteiger charge is 2.49. The lowest BCUT2D eigenvalue weighted by molar-refractivity contribution is -0.137. The summed E-state index contributed by atoms with van der Waals surface area (Å²) >= 11 is 0. The molecule has 1 heterocycles. The van der Waals surface area contributed by atoms with E-state index < -0.39 is 5.97 Å². The van der Waals surface area contributed by atoms with Crippen molar-refractivity contribution in [3.63, 3.8) is 0 Å². The second-order valence-electron chi connectivity index (χ2n) is 9.73. The molecule has 2 bridgehead atoms. The number of carbonyl (C=O) groups is 1. The van der Waals surface area contributed by atoms with Crippen molar-refractivity contribution in [2.75, 3.05) is 0 Å². The number of hydrogen-bond donors (Lipinski definition) is 2. The van der Waals surface area contributed by atoms with Gasteiger partial charge in [0.05, 0.1) is 6.10 Å². The Labute approximate surface area is 199 Å². The Morgan fingerprint density at radius 1 is 1.12 bits per heavy atom. The van der Waals surface area contributed by atoms with Crippen molar-refractivity contribution in [1.82, 2.24) is 0 Å². The molecule has 5 nitrogen and oxygen atoms in total. The zero-order valence-corrected chi connectivity index (χ0v) is 20.1. The van der Waals surface area contributed by atoms with E-state index in [0.717, 1.165) is 64.1 Å². The maximum atomic E-state index is 10.7. The summed E-state index contributed by atoms with van der Waals surface area (Å²) in [4.78, 5) is 10.7. The van der Waals surface area contributed by atoms with E-state index in [9.17, 15) is 9.90 Å². The lowest BCUT2D eigenvalue weighted by Gasteiger charge is -2.28. The minimum atomic E-state index is -0.734. The molecule has 1 saturated heterocycles. The van der Waals surface area contributed by atoms with Crippen LogP contribution in [0.1, 0.15) is 76.7 Å². The number of aryl methyl sites for hydroxylation is 1. The molecule has 0 spiro atoms. The summed E-state index contributed by atoms with van der Waals surface area (Å²) < 4.78 is 12.7. The van der Waals surface area contributed by atoms with Gasteiger partial charge in [-0.1, -0.05) is 62.2 Å². The highest BCUT2D eigenvalue weighted by atomic mass is 16.6. The predicted octanol–water partition coefficient (Wildman–Crippen LogP) is 5.67. The fourth-order valence-corrected chi connectivity index (χ4v) is 5.35. The minimum absolute atomic E-state index is 0.0937. The molecule has 3 rings (SSSR count). The van der Waals surface area contributed by atoms with Crippen LogP contribution in [0, 0.1) is 11.8 Å². The Morgan fingerprint density at radius 3 is 2.61 bits per heavy atom. The molecule has 2 N–H and O–H groups in total. The maximum Gasteiger partial charge on any atom is 0.457 e. The van der Waals surface area contributed by atoms with Crippen molar-refractivity contribution in [2.24, 2.45) is 11.8 Å². The first kappa shape index (κ1) is 26.0. The SMILES string of the molecule is CCCCB1O[C@@H]2C[C@@H](O1)[C@H](CC[C@@H](O)CCc1ccccc1)[C@H]2C/C=C\CCCC(=O)O. The van der Waals surface area contributed by atoms with Crippen LogP contribution in [0.25, 0.3) is 0 Å². The van der Waals surface area contributed by atoms with Gasteiger partial charge in [0.1, 0.15) is 0 Å². The van der Waals surface area contributed by atoms with Crippen molar-refractivity contribution in [3.05, 3.63) is 48.0 Å². The Kier molecular flexibility index (Phi) is 11.0. The van der Waals surface area contributed by atoms with Gasteiger partial charge >= 0.3 is 13.1 Å². The van der Waals surface area contributed by atoms with Gasteiger partial charge in [-0.15, -0.1) is 0 Å². The Bertz CT molecular complexity index is 724. The van der Waals surface area contributed by atoms with Crippen LogP contribution in [0.2, 0.25) is 6.32 Å². The molecule has 1 aromatic carbocycles. The molecule has 0 radical (unpaired) electrons. The minimum Gasteiger partial charge on any atom is -0.481 e. The fourth-order valence-electron chi connectivity index (χ4n) is 5.35. The van der Waals surface area contributed by atoms with Crippen LogP contribution < -0.4 is 0 Å². The highest BCUT2D eigenvalue weighted by Crippen LogP contribution is 2.45. The van der Waals surface area contributed by atoms with Crippen molar-refractivity contribution in [1.29, 1.82) is 0 Å². The van der Waals surface area contributed by atoms with E-state index in [1.165, 1.54) is 5.56 Å². The van der Waals surface area contributed by atoms with Crippen LogP contribution in [0.15, 0.2) is 42.5 Å². The molecule has 182 valence electrons. The van der Waals surface area contributed by atoms with Gasteiger partial charge in [-0.05, 0) is 75.1 Å². The van der Waals surface area contributed by atoms with Crippen LogP contribution in [-0.2, 0) is 20.5 Å². The number of unbranched alkanes of at least 4 members (excludes halogenated alkanes) is 2. The first-order chi connectivity index (χ1) is 16.1. The van der Waals surface area contributed by atoms with Crippen LogP contribution in [0.5, 0.6) is 0 Å². The molecule has 1 aromatic rings. The number of aliphatic hydroxyl groups is 1. The number of fused-ring (bicyclic) bond motifs is 2. The molecular weight excluding hydrogens is 415 g/mol. The van der Waals surface area contributed by atoms with Gasteiger partial charge in [0, 0.05) is 18.6 Å². The first-order valence-corrected chi connectivity index (χ1v) is 13.0. The van der Waals surface area contributed by atoms with E-state index in [4.69, 9.17) is 14.4 Å². The van der Waals surface area contributed by atoms with Crippen LogP contribution >= 0.6 is 0 Å². The van der Waals surface area contributed by atoms with Gasteiger partial charge in [-0.25, -0.2) is 0 Å². The lowest BCUT2D eigenvalue weighted by atomic mass is 9.80. The summed E-state index contributed by atoms with van der Waals surface area (Å²) in [5.41, 5.74) is 1.27. The third kappa shape index (κ3) is 8.58. The van der Waals surface area contributed by atoms with Gasteiger partial charge in [0.2, 0.25) is 0 Å². The van der Waals surface area contributed by atoms with E-state index in [-0.39, 0.29) is 31.9 Å². The molecular formula is C27H41BO5. The number of benzene rings is 1. The Morgan fingerprint density at radius 2 is 1.88 bits per heavy atom. The third-order valence-corrected chi connectivity index (χ3v) is 7.19. The van der Waals surface area contributed by atoms with Crippen molar-refractivity contribution in [3.8, 4) is 0 Å². The number of aliphatic carboxylic acids is 1. The molecule has 2 fully saturated rings. The summed E-state index contributed by atoms with van der Waals surface area (Å²) in [5.74, 6) is 0.0675. The smallest absolute Gasteiger partial charge is 0.457 e. The molecule has 2 aliphatic rings. The molecule has 6 heteroatoms. The molecule has 1 saturated carbocycles. The maximum absolute atomic E-state index is 10.7.